The largest absolute Gasteiger partial charge is 0.462 e. The molecule has 1 N–H and O–H groups in total. The van der Waals surface area contributed by atoms with E-state index in [-0.39, 0.29) is 31.6 Å². The molecule has 0 saturated carbocycles. The molecule has 0 aromatic carbocycles. The van der Waals surface area contributed by atoms with Gasteiger partial charge in [0.15, 0.2) is 6.10 Å². The molecule has 0 bridgehead atoms. The maximum Gasteiger partial charge on any atom is 0.306 e. The minimum Gasteiger partial charge on any atom is -0.462 e. The Labute approximate surface area is 197 Å². The van der Waals surface area contributed by atoms with Crippen LogP contribution in [0.5, 0.6) is 0 Å². The highest BCUT2D eigenvalue weighted by molar-refractivity contribution is 5.70. The SMILES string of the molecule is CCCCCCCCC/C=C\CCCCCCCCCC(=O)OC(CO)COC(=O)CC. The third-order valence-corrected chi connectivity index (χ3v) is 5.61. The zero-order chi connectivity index (χ0) is 23.7. The summed E-state index contributed by atoms with van der Waals surface area (Å²) in [7, 11) is 0. The number of ether oxygens (including phenoxy) is 2. The molecule has 188 valence electrons. The molecule has 5 nitrogen and oxygen atoms in total. The first-order chi connectivity index (χ1) is 15.6. The summed E-state index contributed by atoms with van der Waals surface area (Å²) in [6, 6.07) is 0. The second-order valence-electron chi connectivity index (χ2n) is 8.73. The molecule has 0 radical (unpaired) electrons. The van der Waals surface area contributed by atoms with Gasteiger partial charge in [-0.3, -0.25) is 9.59 Å². The van der Waals surface area contributed by atoms with E-state index in [9.17, 15) is 14.7 Å². The number of hydrogen-bond donors (Lipinski definition) is 1. The highest BCUT2D eigenvalue weighted by Crippen LogP contribution is 2.12. The van der Waals surface area contributed by atoms with E-state index in [1.165, 1.54) is 83.5 Å². The van der Waals surface area contributed by atoms with Crippen LogP contribution in [0, 0.1) is 0 Å². The molecular formula is C27H50O5. The van der Waals surface area contributed by atoms with Crippen LogP contribution in [0.3, 0.4) is 0 Å². The van der Waals surface area contributed by atoms with Crippen LogP contribution in [0.25, 0.3) is 0 Å². The third-order valence-electron chi connectivity index (χ3n) is 5.61. The smallest absolute Gasteiger partial charge is 0.306 e. The van der Waals surface area contributed by atoms with Crippen molar-refractivity contribution in [2.75, 3.05) is 13.2 Å². The molecule has 0 aliphatic carbocycles. The van der Waals surface area contributed by atoms with Crippen molar-refractivity contribution >= 4 is 11.9 Å². The Hall–Kier alpha value is -1.36. The number of esters is 2. The van der Waals surface area contributed by atoms with Gasteiger partial charge in [0.05, 0.1) is 6.61 Å². The van der Waals surface area contributed by atoms with Gasteiger partial charge in [-0.15, -0.1) is 0 Å². The molecule has 32 heavy (non-hydrogen) atoms. The van der Waals surface area contributed by atoms with Crippen LogP contribution < -0.4 is 0 Å². The standard InChI is InChI=1S/C27H50O5/c1-3-5-6-7-8-9-10-11-12-13-14-15-16-17-18-19-20-21-22-27(30)32-25(23-28)24-31-26(29)4-2/h12-13,25,28H,3-11,14-24H2,1-2H3/b13-12-. The van der Waals surface area contributed by atoms with Gasteiger partial charge in [-0.05, 0) is 32.1 Å². The fourth-order valence-corrected chi connectivity index (χ4v) is 3.53. The van der Waals surface area contributed by atoms with Gasteiger partial charge in [0.2, 0.25) is 0 Å². The van der Waals surface area contributed by atoms with Crippen molar-refractivity contribution in [2.24, 2.45) is 0 Å². The average molecular weight is 455 g/mol. The maximum atomic E-state index is 11.8. The molecular weight excluding hydrogens is 404 g/mol. The van der Waals surface area contributed by atoms with E-state index < -0.39 is 6.10 Å². The number of aliphatic hydroxyl groups is 1. The summed E-state index contributed by atoms with van der Waals surface area (Å²) < 4.78 is 10.1. The van der Waals surface area contributed by atoms with E-state index in [2.05, 4.69) is 19.1 Å². The van der Waals surface area contributed by atoms with Gasteiger partial charge in [-0.1, -0.05) is 96.6 Å². The van der Waals surface area contributed by atoms with Crippen molar-refractivity contribution in [2.45, 2.75) is 136 Å². The number of unbranched alkanes of at least 4 members (excludes halogenated alkanes) is 14. The fourth-order valence-electron chi connectivity index (χ4n) is 3.53. The number of hydrogen-bond acceptors (Lipinski definition) is 5. The van der Waals surface area contributed by atoms with Crippen molar-refractivity contribution in [1.82, 2.24) is 0 Å². The Morgan fingerprint density at radius 3 is 1.72 bits per heavy atom. The molecule has 0 amide bonds. The predicted molar refractivity (Wildman–Crippen MR) is 132 cm³/mol. The summed E-state index contributed by atoms with van der Waals surface area (Å²) in [6.07, 6.45) is 24.6. The molecule has 0 aliphatic rings. The first-order valence-electron chi connectivity index (χ1n) is 13.2. The minimum absolute atomic E-state index is 0.0801. The minimum atomic E-state index is -0.761. The zero-order valence-electron chi connectivity index (χ0n) is 21.0. The van der Waals surface area contributed by atoms with Crippen LogP contribution in [0.1, 0.15) is 129 Å². The quantitative estimate of drug-likeness (QED) is 0.102. The predicted octanol–water partition coefficient (Wildman–Crippen LogP) is 7.05. The number of carbonyl (C=O) groups excluding carboxylic acids is 2. The molecule has 0 aromatic heterocycles. The van der Waals surface area contributed by atoms with Crippen molar-refractivity contribution in [3.05, 3.63) is 12.2 Å². The second kappa shape index (κ2) is 24.3. The average Bonchev–Trinajstić information content (AvgIpc) is 2.80. The lowest BCUT2D eigenvalue weighted by atomic mass is 10.1. The summed E-state index contributed by atoms with van der Waals surface area (Å²) in [6.45, 7) is 3.54. The van der Waals surface area contributed by atoms with Gasteiger partial charge >= 0.3 is 11.9 Å². The van der Waals surface area contributed by atoms with E-state index in [1.54, 1.807) is 6.92 Å². The highest BCUT2D eigenvalue weighted by atomic mass is 16.6. The van der Waals surface area contributed by atoms with Gasteiger partial charge in [0, 0.05) is 12.8 Å². The lowest BCUT2D eigenvalue weighted by molar-refractivity contribution is -0.161. The van der Waals surface area contributed by atoms with Gasteiger partial charge in [0.25, 0.3) is 0 Å². The molecule has 1 atom stereocenters. The van der Waals surface area contributed by atoms with Gasteiger partial charge in [-0.25, -0.2) is 0 Å². The van der Waals surface area contributed by atoms with E-state index in [1.807, 2.05) is 0 Å². The Balaban J connectivity index is 3.40. The lowest BCUT2D eigenvalue weighted by Gasteiger charge is -2.15. The van der Waals surface area contributed by atoms with E-state index in [0.717, 1.165) is 19.3 Å². The van der Waals surface area contributed by atoms with Crippen LogP contribution in [0.2, 0.25) is 0 Å². The van der Waals surface area contributed by atoms with Crippen LogP contribution >= 0.6 is 0 Å². The fraction of sp³-hybridized carbons (Fsp3) is 0.852. The van der Waals surface area contributed by atoms with Gasteiger partial charge < -0.3 is 14.6 Å². The zero-order valence-corrected chi connectivity index (χ0v) is 21.0. The molecule has 0 aliphatic heterocycles. The van der Waals surface area contributed by atoms with Gasteiger partial charge in [0.1, 0.15) is 6.61 Å². The molecule has 0 saturated heterocycles. The van der Waals surface area contributed by atoms with Crippen molar-refractivity contribution in [3.8, 4) is 0 Å². The van der Waals surface area contributed by atoms with Crippen LogP contribution in [0.4, 0.5) is 0 Å². The van der Waals surface area contributed by atoms with E-state index >= 15 is 0 Å². The Morgan fingerprint density at radius 2 is 1.22 bits per heavy atom. The number of rotatable bonds is 23. The topological polar surface area (TPSA) is 72.8 Å². The summed E-state index contributed by atoms with van der Waals surface area (Å²) in [4.78, 5) is 22.9. The van der Waals surface area contributed by atoms with E-state index in [0.29, 0.717) is 6.42 Å². The Morgan fingerprint density at radius 1 is 0.719 bits per heavy atom. The first kappa shape index (κ1) is 30.6. The molecule has 0 aromatic rings. The Kier molecular flexibility index (Phi) is 23.3. The normalized spacial score (nSPS) is 12.2. The number of carbonyl (C=O) groups is 2. The molecule has 0 spiro atoms. The molecule has 5 heteroatoms. The van der Waals surface area contributed by atoms with Crippen LogP contribution in [-0.4, -0.2) is 36.4 Å². The van der Waals surface area contributed by atoms with Crippen LogP contribution in [0.15, 0.2) is 12.2 Å². The third kappa shape index (κ3) is 21.9. The molecule has 0 heterocycles. The summed E-state index contributed by atoms with van der Waals surface area (Å²) >= 11 is 0. The second-order valence-corrected chi connectivity index (χ2v) is 8.73. The molecule has 1 unspecified atom stereocenters. The van der Waals surface area contributed by atoms with Crippen molar-refractivity contribution in [1.29, 1.82) is 0 Å². The summed E-state index contributed by atoms with van der Waals surface area (Å²) in [5.74, 6) is -0.695. The molecule has 0 fully saturated rings. The maximum absolute atomic E-state index is 11.8. The van der Waals surface area contributed by atoms with Crippen LogP contribution in [-0.2, 0) is 19.1 Å². The first-order valence-corrected chi connectivity index (χ1v) is 13.2. The summed E-state index contributed by atoms with van der Waals surface area (Å²) in [5.41, 5.74) is 0. The Bertz CT molecular complexity index is 461. The van der Waals surface area contributed by atoms with Crippen molar-refractivity contribution < 1.29 is 24.2 Å². The molecule has 0 rings (SSSR count). The number of allylic oxidation sites excluding steroid dienone is 2. The monoisotopic (exact) mass is 454 g/mol. The van der Waals surface area contributed by atoms with E-state index in [4.69, 9.17) is 9.47 Å². The van der Waals surface area contributed by atoms with Crippen molar-refractivity contribution in [3.63, 3.8) is 0 Å². The highest BCUT2D eigenvalue weighted by Gasteiger charge is 2.15. The lowest BCUT2D eigenvalue weighted by Crippen LogP contribution is -2.28. The number of aliphatic hydroxyl groups excluding tert-OH is 1. The summed E-state index contributed by atoms with van der Waals surface area (Å²) in [5, 5.41) is 9.22. The van der Waals surface area contributed by atoms with Gasteiger partial charge in [-0.2, -0.15) is 0 Å².